The van der Waals surface area contributed by atoms with Gasteiger partial charge in [-0.15, -0.1) is 10.2 Å². The zero-order chi connectivity index (χ0) is 9.10. The average molecular weight is 211 g/mol. The van der Waals surface area contributed by atoms with Crippen molar-refractivity contribution in [3.8, 4) is 10.6 Å². The maximum absolute atomic E-state index is 4.11. The van der Waals surface area contributed by atoms with Crippen molar-refractivity contribution in [2.75, 3.05) is 7.05 Å². The lowest BCUT2D eigenvalue weighted by Crippen LogP contribution is -2.04. The standard InChI is InChI=1S/C8H9N3S2/c1-9-4-7-10-11-8(13-7)6-2-3-12-5-6/h2-3,5,9H,4H2,1H3. The number of nitrogens with zero attached hydrogens (tertiary/aromatic N) is 2. The first kappa shape index (κ1) is 8.80. The third kappa shape index (κ3) is 1.93. The molecule has 5 heteroatoms. The van der Waals surface area contributed by atoms with Crippen LogP contribution in [0.3, 0.4) is 0 Å². The van der Waals surface area contributed by atoms with Crippen LogP contribution in [0.2, 0.25) is 0 Å². The monoisotopic (exact) mass is 211 g/mol. The Labute approximate surface area is 84.5 Å². The van der Waals surface area contributed by atoms with E-state index in [4.69, 9.17) is 0 Å². The number of nitrogens with one attached hydrogen (secondary N) is 1. The van der Waals surface area contributed by atoms with E-state index in [1.165, 1.54) is 5.56 Å². The summed E-state index contributed by atoms with van der Waals surface area (Å²) in [6.45, 7) is 0.793. The molecule has 0 saturated carbocycles. The number of hydrogen-bond donors (Lipinski definition) is 1. The van der Waals surface area contributed by atoms with E-state index in [0.717, 1.165) is 16.6 Å². The normalized spacial score (nSPS) is 10.5. The SMILES string of the molecule is CNCc1nnc(-c2ccsc2)s1. The van der Waals surface area contributed by atoms with Gasteiger partial charge in [-0.2, -0.15) is 11.3 Å². The molecule has 0 bridgehead atoms. The summed E-state index contributed by atoms with van der Waals surface area (Å²) >= 11 is 3.32. The second kappa shape index (κ2) is 3.95. The molecular formula is C8H9N3S2. The molecule has 13 heavy (non-hydrogen) atoms. The Morgan fingerprint density at radius 3 is 3.08 bits per heavy atom. The quantitative estimate of drug-likeness (QED) is 0.843. The highest BCUT2D eigenvalue weighted by molar-refractivity contribution is 7.15. The summed E-state index contributed by atoms with van der Waals surface area (Å²) in [4.78, 5) is 0. The van der Waals surface area contributed by atoms with Gasteiger partial charge in [0.25, 0.3) is 0 Å². The van der Waals surface area contributed by atoms with Crippen molar-refractivity contribution >= 4 is 22.7 Å². The summed E-state index contributed by atoms with van der Waals surface area (Å²) in [6.07, 6.45) is 0. The minimum absolute atomic E-state index is 0.793. The van der Waals surface area contributed by atoms with Gasteiger partial charge in [0, 0.05) is 17.5 Å². The zero-order valence-electron chi connectivity index (χ0n) is 7.15. The Balaban J connectivity index is 2.23. The van der Waals surface area contributed by atoms with Gasteiger partial charge in [-0.25, -0.2) is 0 Å². The van der Waals surface area contributed by atoms with Crippen molar-refractivity contribution in [2.24, 2.45) is 0 Å². The summed E-state index contributed by atoms with van der Waals surface area (Å²) < 4.78 is 0. The van der Waals surface area contributed by atoms with Crippen LogP contribution in [0.1, 0.15) is 5.01 Å². The van der Waals surface area contributed by atoms with Crippen LogP contribution in [0.4, 0.5) is 0 Å². The van der Waals surface area contributed by atoms with Crippen LogP contribution in [-0.4, -0.2) is 17.2 Å². The molecule has 2 aromatic rings. The molecule has 0 amide bonds. The highest BCUT2D eigenvalue weighted by Crippen LogP contribution is 2.25. The van der Waals surface area contributed by atoms with Gasteiger partial charge in [0.05, 0.1) is 0 Å². The van der Waals surface area contributed by atoms with Crippen LogP contribution in [-0.2, 0) is 6.54 Å². The highest BCUT2D eigenvalue weighted by Gasteiger charge is 2.05. The molecule has 0 aliphatic carbocycles. The first-order chi connectivity index (χ1) is 6.40. The topological polar surface area (TPSA) is 37.8 Å². The molecule has 0 spiro atoms. The smallest absolute Gasteiger partial charge is 0.148 e. The molecule has 0 saturated heterocycles. The van der Waals surface area contributed by atoms with Gasteiger partial charge >= 0.3 is 0 Å². The summed E-state index contributed by atoms with van der Waals surface area (Å²) in [5.41, 5.74) is 1.17. The molecule has 0 fully saturated rings. The Bertz CT molecular complexity index is 366. The Morgan fingerprint density at radius 1 is 1.46 bits per heavy atom. The van der Waals surface area contributed by atoms with Gasteiger partial charge in [-0.05, 0) is 18.5 Å². The Hall–Kier alpha value is -0.780. The van der Waals surface area contributed by atoms with Crippen molar-refractivity contribution in [2.45, 2.75) is 6.54 Å². The predicted octanol–water partition coefficient (Wildman–Crippen LogP) is 1.99. The van der Waals surface area contributed by atoms with Crippen LogP contribution in [0.25, 0.3) is 10.6 Å². The van der Waals surface area contributed by atoms with Crippen molar-refractivity contribution in [3.63, 3.8) is 0 Å². The fourth-order valence-electron chi connectivity index (χ4n) is 0.979. The molecule has 1 N–H and O–H groups in total. The molecule has 0 radical (unpaired) electrons. The van der Waals surface area contributed by atoms with Crippen molar-refractivity contribution in [3.05, 3.63) is 21.8 Å². The van der Waals surface area contributed by atoms with Gasteiger partial charge in [-0.1, -0.05) is 11.3 Å². The fraction of sp³-hybridized carbons (Fsp3) is 0.250. The van der Waals surface area contributed by atoms with E-state index in [-0.39, 0.29) is 0 Å². The average Bonchev–Trinajstić information content (AvgIpc) is 2.70. The van der Waals surface area contributed by atoms with E-state index >= 15 is 0 Å². The number of rotatable bonds is 3. The summed E-state index contributed by atoms with van der Waals surface area (Å²) in [7, 11) is 1.91. The van der Waals surface area contributed by atoms with E-state index in [0.29, 0.717) is 0 Å². The lowest BCUT2D eigenvalue weighted by molar-refractivity contribution is 0.795. The summed E-state index contributed by atoms with van der Waals surface area (Å²) in [5.74, 6) is 0. The largest absolute Gasteiger partial charge is 0.313 e. The van der Waals surface area contributed by atoms with Gasteiger partial charge in [-0.3, -0.25) is 0 Å². The maximum atomic E-state index is 4.11. The first-order valence-corrected chi connectivity index (χ1v) is 5.65. The van der Waals surface area contributed by atoms with Crippen LogP contribution in [0.5, 0.6) is 0 Å². The fourth-order valence-corrected chi connectivity index (χ4v) is 2.54. The van der Waals surface area contributed by atoms with E-state index in [9.17, 15) is 0 Å². The molecule has 68 valence electrons. The number of thiophene rings is 1. The number of aromatic nitrogens is 2. The molecule has 0 unspecified atom stereocenters. The molecule has 0 aliphatic rings. The van der Waals surface area contributed by atoms with Crippen LogP contribution in [0.15, 0.2) is 16.8 Å². The summed E-state index contributed by atoms with van der Waals surface area (Å²) in [6, 6.07) is 2.06. The number of hydrogen-bond acceptors (Lipinski definition) is 5. The van der Waals surface area contributed by atoms with Gasteiger partial charge < -0.3 is 5.32 Å². The van der Waals surface area contributed by atoms with Crippen molar-refractivity contribution in [1.29, 1.82) is 0 Å². The van der Waals surface area contributed by atoms with E-state index in [1.807, 2.05) is 7.05 Å². The summed E-state index contributed by atoms with van der Waals surface area (Å²) in [5, 5.41) is 17.4. The minimum Gasteiger partial charge on any atom is -0.313 e. The van der Waals surface area contributed by atoms with E-state index in [1.54, 1.807) is 22.7 Å². The molecule has 2 rings (SSSR count). The Morgan fingerprint density at radius 2 is 2.38 bits per heavy atom. The lowest BCUT2D eigenvalue weighted by Gasteiger charge is -1.88. The van der Waals surface area contributed by atoms with Gasteiger partial charge in [0.1, 0.15) is 10.0 Å². The lowest BCUT2D eigenvalue weighted by atomic mass is 10.4. The third-order valence-electron chi connectivity index (χ3n) is 1.56. The predicted molar refractivity (Wildman–Crippen MR) is 56.0 cm³/mol. The van der Waals surface area contributed by atoms with Crippen LogP contribution >= 0.6 is 22.7 Å². The second-order valence-electron chi connectivity index (χ2n) is 2.54. The van der Waals surface area contributed by atoms with Gasteiger partial charge in [0.2, 0.25) is 0 Å². The van der Waals surface area contributed by atoms with Crippen LogP contribution < -0.4 is 5.32 Å². The minimum atomic E-state index is 0.793. The van der Waals surface area contributed by atoms with Crippen LogP contribution in [0, 0.1) is 0 Å². The second-order valence-corrected chi connectivity index (χ2v) is 4.39. The molecule has 2 heterocycles. The van der Waals surface area contributed by atoms with Crippen molar-refractivity contribution < 1.29 is 0 Å². The third-order valence-corrected chi connectivity index (χ3v) is 3.22. The van der Waals surface area contributed by atoms with E-state index in [2.05, 4.69) is 32.3 Å². The molecule has 0 aromatic carbocycles. The molecule has 2 aromatic heterocycles. The Kier molecular flexibility index (Phi) is 2.68. The molecule has 3 nitrogen and oxygen atoms in total. The molecule has 0 aliphatic heterocycles. The molecule has 0 atom stereocenters. The highest BCUT2D eigenvalue weighted by atomic mass is 32.1. The van der Waals surface area contributed by atoms with Gasteiger partial charge in [0.15, 0.2) is 0 Å². The van der Waals surface area contributed by atoms with Crippen molar-refractivity contribution in [1.82, 2.24) is 15.5 Å². The first-order valence-electron chi connectivity index (χ1n) is 3.89. The van der Waals surface area contributed by atoms with E-state index < -0.39 is 0 Å². The zero-order valence-corrected chi connectivity index (χ0v) is 8.78. The maximum Gasteiger partial charge on any atom is 0.148 e. The molecular weight excluding hydrogens is 202 g/mol.